The van der Waals surface area contributed by atoms with Gasteiger partial charge in [0.1, 0.15) is 0 Å². The third-order valence-electron chi connectivity index (χ3n) is 5.06. The molecule has 1 amide bonds. The molecule has 2 aliphatic rings. The van der Waals surface area contributed by atoms with Crippen LogP contribution in [0.2, 0.25) is 0 Å². The van der Waals surface area contributed by atoms with Crippen molar-refractivity contribution in [2.75, 3.05) is 13.1 Å². The van der Waals surface area contributed by atoms with Crippen LogP contribution < -0.4 is 5.32 Å². The summed E-state index contributed by atoms with van der Waals surface area (Å²) in [5.74, 6) is -0.0661. The Morgan fingerprint density at radius 2 is 2.22 bits per heavy atom. The van der Waals surface area contributed by atoms with Gasteiger partial charge in [-0.25, -0.2) is 0 Å². The van der Waals surface area contributed by atoms with Gasteiger partial charge in [-0.3, -0.25) is 9.69 Å². The molecule has 23 heavy (non-hydrogen) atoms. The lowest BCUT2D eigenvalue weighted by Gasteiger charge is -2.30. The Hall–Kier alpha value is -1.90. The Balaban J connectivity index is 1.68. The fraction of sp³-hybridized carbons (Fsp3) is 0.556. The topological polar surface area (TPSA) is 76.4 Å². The molecule has 1 saturated carbocycles. The van der Waals surface area contributed by atoms with Crippen LogP contribution in [0, 0.1) is 18.3 Å². The van der Waals surface area contributed by atoms with Crippen molar-refractivity contribution in [3.05, 3.63) is 34.9 Å². The van der Waals surface area contributed by atoms with Crippen molar-refractivity contribution < 1.29 is 9.90 Å². The highest BCUT2D eigenvalue weighted by atomic mass is 16.3. The second kappa shape index (κ2) is 6.69. The Bertz CT molecular complexity index is 638. The number of hydrogen-bond donors (Lipinski definition) is 2. The van der Waals surface area contributed by atoms with Gasteiger partial charge in [0.2, 0.25) is 0 Å². The average molecular weight is 313 g/mol. The molecule has 0 bridgehead atoms. The van der Waals surface area contributed by atoms with Gasteiger partial charge < -0.3 is 10.4 Å². The molecule has 2 N–H and O–H groups in total. The number of carbonyl (C=O) groups excluding carboxylic acids is 1. The number of nitrogens with zero attached hydrogens (tertiary/aromatic N) is 2. The molecule has 5 nitrogen and oxygen atoms in total. The molecule has 1 saturated heterocycles. The summed E-state index contributed by atoms with van der Waals surface area (Å²) in [6, 6.07) is 7.73. The van der Waals surface area contributed by atoms with E-state index in [0.29, 0.717) is 23.7 Å². The van der Waals surface area contributed by atoms with Crippen LogP contribution >= 0.6 is 0 Å². The van der Waals surface area contributed by atoms with Crippen LogP contribution in [0.4, 0.5) is 0 Å². The van der Waals surface area contributed by atoms with Crippen molar-refractivity contribution in [1.29, 1.82) is 5.26 Å². The van der Waals surface area contributed by atoms with Crippen LogP contribution in [-0.4, -0.2) is 47.2 Å². The summed E-state index contributed by atoms with van der Waals surface area (Å²) in [6.45, 7) is 3.49. The Morgan fingerprint density at radius 1 is 1.39 bits per heavy atom. The molecule has 3 atom stereocenters. The smallest absolute Gasteiger partial charge is 0.251 e. The first kappa shape index (κ1) is 16.0. The van der Waals surface area contributed by atoms with Crippen molar-refractivity contribution in [3.63, 3.8) is 0 Å². The van der Waals surface area contributed by atoms with Gasteiger partial charge in [0, 0.05) is 30.7 Å². The number of β-amino-alcohol motifs (C(OH)–C–C–N with tert-alkyl or cyclic N) is 1. The highest BCUT2D eigenvalue weighted by Gasteiger charge is 2.36. The van der Waals surface area contributed by atoms with E-state index in [-0.39, 0.29) is 18.1 Å². The van der Waals surface area contributed by atoms with Gasteiger partial charge in [-0.2, -0.15) is 5.26 Å². The lowest BCUT2D eigenvalue weighted by molar-refractivity contribution is 0.0905. The Labute approximate surface area is 136 Å². The molecular weight excluding hydrogens is 290 g/mol. The van der Waals surface area contributed by atoms with E-state index < -0.39 is 0 Å². The minimum Gasteiger partial charge on any atom is -0.392 e. The highest BCUT2D eigenvalue weighted by Crippen LogP contribution is 2.27. The van der Waals surface area contributed by atoms with Crippen molar-refractivity contribution in [2.24, 2.45) is 0 Å². The molecule has 122 valence electrons. The third-order valence-corrected chi connectivity index (χ3v) is 5.06. The van der Waals surface area contributed by atoms with Gasteiger partial charge in [0.15, 0.2) is 0 Å². The Kier molecular flexibility index (Phi) is 4.65. The summed E-state index contributed by atoms with van der Waals surface area (Å²) in [5, 5.41) is 21.8. The van der Waals surface area contributed by atoms with Gasteiger partial charge in [-0.15, -0.1) is 0 Å². The molecule has 0 aromatic heterocycles. The van der Waals surface area contributed by atoms with E-state index in [1.54, 1.807) is 18.2 Å². The Morgan fingerprint density at radius 3 is 2.87 bits per heavy atom. The molecule has 1 aromatic carbocycles. The zero-order chi connectivity index (χ0) is 16.4. The maximum absolute atomic E-state index is 12.6. The predicted octanol–water partition coefficient (Wildman–Crippen LogP) is 1.58. The van der Waals surface area contributed by atoms with Crippen LogP contribution in [0.3, 0.4) is 0 Å². The van der Waals surface area contributed by atoms with E-state index >= 15 is 0 Å². The summed E-state index contributed by atoms with van der Waals surface area (Å²) >= 11 is 0. The number of rotatable bonds is 3. The van der Waals surface area contributed by atoms with Crippen LogP contribution in [-0.2, 0) is 0 Å². The summed E-state index contributed by atoms with van der Waals surface area (Å²) in [7, 11) is 0. The van der Waals surface area contributed by atoms with Crippen molar-refractivity contribution in [2.45, 2.75) is 50.8 Å². The fourth-order valence-electron chi connectivity index (χ4n) is 3.85. The van der Waals surface area contributed by atoms with E-state index in [1.807, 2.05) is 6.92 Å². The normalized spacial score (nSPS) is 27.8. The first-order chi connectivity index (χ1) is 11.1. The standard InChI is InChI=1S/C18H23N3O2/c1-12-9-13(10-19)5-6-15(12)18(23)20-16-3-2-4-17(16)21-8-7-14(22)11-21/h5-6,9,14,16-17,22H,2-4,7-8,11H2,1H3,(H,20,23)/t14?,16-,17+/m1/s1. The molecule has 3 rings (SSSR count). The molecule has 0 spiro atoms. The predicted molar refractivity (Wildman–Crippen MR) is 87.0 cm³/mol. The van der Waals surface area contributed by atoms with E-state index in [2.05, 4.69) is 16.3 Å². The van der Waals surface area contributed by atoms with Crippen LogP contribution in [0.1, 0.15) is 47.2 Å². The molecular formula is C18H23N3O2. The van der Waals surface area contributed by atoms with Gasteiger partial charge in [-0.05, 0) is 56.4 Å². The fourth-order valence-corrected chi connectivity index (χ4v) is 3.85. The molecule has 1 aliphatic carbocycles. The number of aliphatic hydroxyl groups excluding tert-OH is 1. The monoisotopic (exact) mass is 313 g/mol. The van der Waals surface area contributed by atoms with E-state index in [1.165, 1.54) is 0 Å². The SMILES string of the molecule is Cc1cc(C#N)ccc1C(=O)N[C@@H]1CCC[C@@H]1N1CCC(O)C1. The lowest BCUT2D eigenvalue weighted by atomic mass is 10.0. The number of likely N-dealkylation sites (tertiary alicyclic amines) is 1. The van der Waals surface area contributed by atoms with Crippen molar-refractivity contribution in [3.8, 4) is 6.07 Å². The molecule has 0 radical (unpaired) electrons. The molecule has 1 unspecified atom stereocenters. The maximum Gasteiger partial charge on any atom is 0.251 e. The first-order valence-electron chi connectivity index (χ1n) is 8.32. The summed E-state index contributed by atoms with van der Waals surface area (Å²) in [5.41, 5.74) is 2.03. The van der Waals surface area contributed by atoms with E-state index in [9.17, 15) is 9.90 Å². The summed E-state index contributed by atoms with van der Waals surface area (Å²) < 4.78 is 0. The molecule has 1 heterocycles. The minimum absolute atomic E-state index is 0.0661. The summed E-state index contributed by atoms with van der Waals surface area (Å²) in [4.78, 5) is 14.9. The lowest BCUT2D eigenvalue weighted by Crippen LogP contribution is -2.48. The van der Waals surface area contributed by atoms with Crippen LogP contribution in [0.5, 0.6) is 0 Å². The molecule has 1 aromatic rings. The van der Waals surface area contributed by atoms with Gasteiger partial charge >= 0.3 is 0 Å². The van der Waals surface area contributed by atoms with Crippen LogP contribution in [0.25, 0.3) is 0 Å². The molecule has 2 fully saturated rings. The first-order valence-corrected chi connectivity index (χ1v) is 8.32. The van der Waals surface area contributed by atoms with Gasteiger partial charge in [0.25, 0.3) is 5.91 Å². The quantitative estimate of drug-likeness (QED) is 0.888. The van der Waals surface area contributed by atoms with Crippen molar-refractivity contribution in [1.82, 2.24) is 10.2 Å². The highest BCUT2D eigenvalue weighted by molar-refractivity contribution is 5.96. The number of nitriles is 1. The number of amides is 1. The van der Waals surface area contributed by atoms with Crippen LogP contribution in [0.15, 0.2) is 18.2 Å². The summed E-state index contributed by atoms with van der Waals surface area (Å²) in [6.07, 6.45) is 3.76. The number of aryl methyl sites for hydroxylation is 1. The second-order valence-electron chi connectivity index (χ2n) is 6.66. The number of carbonyl (C=O) groups is 1. The number of nitrogens with one attached hydrogen (secondary N) is 1. The van der Waals surface area contributed by atoms with Gasteiger partial charge in [0.05, 0.1) is 17.7 Å². The van der Waals surface area contributed by atoms with E-state index in [4.69, 9.17) is 5.26 Å². The second-order valence-corrected chi connectivity index (χ2v) is 6.66. The molecule has 5 heteroatoms. The van der Waals surface area contributed by atoms with E-state index in [0.717, 1.165) is 37.8 Å². The zero-order valence-corrected chi connectivity index (χ0v) is 13.5. The third kappa shape index (κ3) is 3.39. The average Bonchev–Trinajstić information content (AvgIpc) is 3.15. The van der Waals surface area contributed by atoms with Crippen molar-refractivity contribution >= 4 is 5.91 Å². The minimum atomic E-state index is -0.229. The number of aliphatic hydroxyl groups is 1. The number of hydrogen-bond acceptors (Lipinski definition) is 4. The number of benzene rings is 1. The zero-order valence-electron chi connectivity index (χ0n) is 13.5. The van der Waals surface area contributed by atoms with Gasteiger partial charge in [-0.1, -0.05) is 0 Å². The molecule has 1 aliphatic heterocycles. The maximum atomic E-state index is 12.6. The largest absolute Gasteiger partial charge is 0.392 e.